The molecule has 1 aromatic heterocycles. The van der Waals surface area contributed by atoms with E-state index in [-0.39, 0.29) is 11.9 Å². The van der Waals surface area contributed by atoms with Gasteiger partial charge in [-0.2, -0.15) is 11.3 Å². The summed E-state index contributed by atoms with van der Waals surface area (Å²) >= 11 is 1.72. The van der Waals surface area contributed by atoms with Crippen molar-refractivity contribution in [2.24, 2.45) is 0 Å². The van der Waals surface area contributed by atoms with E-state index in [0.717, 1.165) is 24.1 Å². The zero-order valence-electron chi connectivity index (χ0n) is 12.6. The van der Waals surface area contributed by atoms with Gasteiger partial charge in [0.1, 0.15) is 5.82 Å². The first-order valence-corrected chi connectivity index (χ1v) is 8.01. The van der Waals surface area contributed by atoms with Crippen LogP contribution in [0.5, 0.6) is 0 Å². The molecule has 1 unspecified atom stereocenters. The summed E-state index contributed by atoms with van der Waals surface area (Å²) in [6.45, 7) is 9.24. The Labute approximate surface area is 124 Å². The normalized spacial score (nSPS) is 12.7. The van der Waals surface area contributed by atoms with Crippen LogP contribution in [-0.4, -0.2) is 6.54 Å². The van der Waals surface area contributed by atoms with Gasteiger partial charge in [-0.3, -0.25) is 0 Å². The van der Waals surface area contributed by atoms with Crippen molar-refractivity contribution in [1.29, 1.82) is 0 Å². The van der Waals surface area contributed by atoms with Gasteiger partial charge in [-0.05, 0) is 84.4 Å². The maximum absolute atomic E-state index is 13.5. The molecule has 20 heavy (non-hydrogen) atoms. The second kappa shape index (κ2) is 6.51. The van der Waals surface area contributed by atoms with E-state index in [1.807, 2.05) is 13.8 Å². The van der Waals surface area contributed by atoms with Crippen molar-refractivity contribution in [2.75, 3.05) is 6.54 Å². The lowest BCUT2D eigenvalue weighted by atomic mass is 9.91. The van der Waals surface area contributed by atoms with Crippen molar-refractivity contribution in [3.63, 3.8) is 0 Å². The molecule has 1 atom stereocenters. The summed E-state index contributed by atoms with van der Waals surface area (Å²) in [5.74, 6) is -0.153. The highest BCUT2D eigenvalue weighted by Crippen LogP contribution is 2.32. The Morgan fingerprint density at radius 2 is 1.75 bits per heavy atom. The molecule has 2 aromatic rings. The molecule has 0 fully saturated rings. The second-order valence-electron chi connectivity index (χ2n) is 5.35. The highest BCUT2D eigenvalue weighted by Gasteiger charge is 2.20. The maximum atomic E-state index is 13.5. The van der Waals surface area contributed by atoms with E-state index in [4.69, 9.17) is 0 Å². The molecule has 1 aromatic carbocycles. The second-order valence-corrected chi connectivity index (χ2v) is 6.09. The third-order valence-corrected chi connectivity index (χ3v) is 4.53. The molecule has 0 saturated carbocycles. The van der Waals surface area contributed by atoms with Crippen molar-refractivity contribution in [1.82, 2.24) is 5.32 Å². The number of halogens is 1. The SMILES string of the molecule is CCCNC(c1cscc1C)c1c(C)cc(F)cc1C. The van der Waals surface area contributed by atoms with Crippen molar-refractivity contribution in [3.05, 3.63) is 56.5 Å². The molecular weight excluding hydrogens is 269 g/mol. The van der Waals surface area contributed by atoms with Crippen molar-refractivity contribution in [3.8, 4) is 0 Å². The largest absolute Gasteiger partial charge is 0.306 e. The molecule has 0 aliphatic rings. The smallest absolute Gasteiger partial charge is 0.123 e. The van der Waals surface area contributed by atoms with E-state index in [1.165, 1.54) is 16.7 Å². The fourth-order valence-corrected chi connectivity index (χ4v) is 3.58. The Bertz CT molecular complexity index is 565. The van der Waals surface area contributed by atoms with E-state index in [2.05, 4.69) is 29.9 Å². The van der Waals surface area contributed by atoms with Crippen LogP contribution in [0.2, 0.25) is 0 Å². The molecule has 2 rings (SSSR count). The van der Waals surface area contributed by atoms with Crippen LogP contribution in [0, 0.1) is 26.6 Å². The Morgan fingerprint density at radius 3 is 2.25 bits per heavy atom. The predicted molar refractivity (Wildman–Crippen MR) is 85.1 cm³/mol. The highest BCUT2D eigenvalue weighted by molar-refractivity contribution is 7.08. The van der Waals surface area contributed by atoms with Crippen LogP contribution in [0.1, 0.15) is 47.2 Å². The van der Waals surface area contributed by atoms with Crippen molar-refractivity contribution >= 4 is 11.3 Å². The van der Waals surface area contributed by atoms with E-state index < -0.39 is 0 Å². The van der Waals surface area contributed by atoms with Gasteiger partial charge in [0.05, 0.1) is 6.04 Å². The zero-order valence-corrected chi connectivity index (χ0v) is 13.4. The van der Waals surface area contributed by atoms with Gasteiger partial charge in [0.2, 0.25) is 0 Å². The molecule has 0 aliphatic heterocycles. The van der Waals surface area contributed by atoms with Gasteiger partial charge < -0.3 is 5.32 Å². The Morgan fingerprint density at radius 1 is 1.10 bits per heavy atom. The van der Waals surface area contributed by atoms with Crippen LogP contribution in [0.25, 0.3) is 0 Å². The number of hydrogen-bond acceptors (Lipinski definition) is 2. The molecule has 0 saturated heterocycles. The van der Waals surface area contributed by atoms with Crippen molar-refractivity contribution < 1.29 is 4.39 Å². The lowest BCUT2D eigenvalue weighted by Gasteiger charge is -2.23. The number of rotatable bonds is 5. The zero-order chi connectivity index (χ0) is 14.7. The fourth-order valence-electron chi connectivity index (χ4n) is 2.70. The Hall–Kier alpha value is -1.19. The van der Waals surface area contributed by atoms with E-state index in [9.17, 15) is 4.39 Å². The summed E-state index contributed by atoms with van der Waals surface area (Å²) < 4.78 is 13.5. The summed E-state index contributed by atoms with van der Waals surface area (Å²) in [5, 5.41) is 7.98. The molecule has 3 heteroatoms. The van der Waals surface area contributed by atoms with Crippen LogP contribution in [0.4, 0.5) is 4.39 Å². The Balaban J connectivity index is 2.50. The van der Waals surface area contributed by atoms with E-state index >= 15 is 0 Å². The highest BCUT2D eigenvalue weighted by atomic mass is 32.1. The molecule has 108 valence electrons. The molecule has 1 heterocycles. The van der Waals surface area contributed by atoms with E-state index in [0.29, 0.717) is 0 Å². The van der Waals surface area contributed by atoms with Crippen molar-refractivity contribution in [2.45, 2.75) is 40.2 Å². The number of aryl methyl sites for hydroxylation is 3. The molecule has 0 radical (unpaired) electrons. The summed E-state index contributed by atoms with van der Waals surface area (Å²) in [7, 11) is 0. The predicted octanol–water partition coefficient (Wildman–Crippen LogP) is 4.90. The topological polar surface area (TPSA) is 12.0 Å². The summed E-state index contributed by atoms with van der Waals surface area (Å²) in [6.07, 6.45) is 1.08. The summed E-state index contributed by atoms with van der Waals surface area (Å²) in [4.78, 5) is 0. The van der Waals surface area contributed by atoms with Gasteiger partial charge in [-0.1, -0.05) is 6.92 Å². The molecule has 1 nitrogen and oxygen atoms in total. The molecule has 0 spiro atoms. The average Bonchev–Trinajstić information content (AvgIpc) is 2.78. The molecular formula is C17H22FNS. The quantitative estimate of drug-likeness (QED) is 0.826. The number of thiophene rings is 1. The average molecular weight is 291 g/mol. The minimum absolute atomic E-state index is 0.153. The minimum atomic E-state index is -0.153. The van der Waals surface area contributed by atoms with E-state index in [1.54, 1.807) is 23.5 Å². The van der Waals surface area contributed by atoms with Crippen LogP contribution in [0.3, 0.4) is 0 Å². The Kier molecular flexibility index (Phi) is 4.95. The molecule has 0 aliphatic carbocycles. The summed E-state index contributed by atoms with van der Waals surface area (Å²) in [5.41, 5.74) is 5.85. The summed E-state index contributed by atoms with van der Waals surface area (Å²) in [6, 6.07) is 3.41. The van der Waals surface area contributed by atoms with Crippen LogP contribution in [-0.2, 0) is 0 Å². The van der Waals surface area contributed by atoms with Gasteiger partial charge in [-0.15, -0.1) is 0 Å². The third kappa shape index (κ3) is 3.10. The molecule has 1 N–H and O–H groups in total. The lowest BCUT2D eigenvalue weighted by Crippen LogP contribution is -2.25. The monoisotopic (exact) mass is 291 g/mol. The molecule has 0 amide bonds. The van der Waals surface area contributed by atoms with Crippen LogP contribution < -0.4 is 5.32 Å². The molecule has 0 bridgehead atoms. The van der Waals surface area contributed by atoms with Gasteiger partial charge in [-0.25, -0.2) is 4.39 Å². The minimum Gasteiger partial charge on any atom is -0.306 e. The first-order chi connectivity index (χ1) is 9.54. The van der Waals surface area contributed by atoms with Gasteiger partial charge in [0.15, 0.2) is 0 Å². The van der Waals surface area contributed by atoms with Crippen LogP contribution >= 0.6 is 11.3 Å². The number of nitrogens with one attached hydrogen (secondary N) is 1. The fraction of sp³-hybridized carbons (Fsp3) is 0.412. The van der Waals surface area contributed by atoms with Crippen LogP contribution in [0.15, 0.2) is 22.9 Å². The first kappa shape index (κ1) is 15.2. The number of hydrogen-bond donors (Lipinski definition) is 1. The van der Waals surface area contributed by atoms with Gasteiger partial charge in [0, 0.05) is 0 Å². The lowest BCUT2D eigenvalue weighted by molar-refractivity contribution is 0.586. The standard InChI is InChI=1S/C17H22FNS/c1-5-6-19-17(15-10-20-9-13(15)4)16-11(2)7-14(18)8-12(16)3/h7-10,17,19H,5-6H2,1-4H3. The van der Waals surface area contributed by atoms with Gasteiger partial charge in [0.25, 0.3) is 0 Å². The first-order valence-electron chi connectivity index (χ1n) is 7.07. The number of benzene rings is 1. The third-order valence-electron chi connectivity index (χ3n) is 3.65. The van der Waals surface area contributed by atoms with Gasteiger partial charge >= 0.3 is 0 Å². The maximum Gasteiger partial charge on any atom is 0.123 e.